The van der Waals surface area contributed by atoms with E-state index in [-0.39, 0.29) is 5.92 Å². The fraction of sp³-hybridized carbons (Fsp3) is 0.316. The van der Waals surface area contributed by atoms with Crippen molar-refractivity contribution in [1.29, 1.82) is 0 Å². The quantitative estimate of drug-likeness (QED) is 0.865. The predicted molar refractivity (Wildman–Crippen MR) is 97.8 cm³/mol. The highest BCUT2D eigenvalue weighted by molar-refractivity contribution is 6.30. The number of anilines is 1. The fourth-order valence-corrected chi connectivity index (χ4v) is 3.53. The van der Waals surface area contributed by atoms with Crippen LogP contribution in [0.25, 0.3) is 11.1 Å². The molecule has 0 spiro atoms. The van der Waals surface area contributed by atoms with E-state index in [4.69, 9.17) is 11.6 Å². The zero-order valence-electron chi connectivity index (χ0n) is 14.0. The smallest absolute Gasteiger partial charge is 0.411 e. The summed E-state index contributed by atoms with van der Waals surface area (Å²) in [5.41, 5.74) is 1.31. The Morgan fingerprint density at radius 1 is 1.32 bits per heavy atom. The molecule has 1 N–H and O–H groups in total. The molecule has 0 aromatic heterocycles. The summed E-state index contributed by atoms with van der Waals surface area (Å²) in [4.78, 5) is 15.4. The Bertz CT molecular complexity index is 784. The Morgan fingerprint density at radius 3 is 2.76 bits per heavy atom. The molecule has 0 bridgehead atoms. The topological polar surface area (TPSA) is 43.8 Å². The van der Waals surface area contributed by atoms with Crippen molar-refractivity contribution in [2.75, 3.05) is 31.6 Å². The molecule has 6 heteroatoms. The highest BCUT2D eigenvalue weighted by Crippen LogP contribution is 2.35. The predicted octanol–water partition coefficient (Wildman–Crippen LogP) is 4.58. The van der Waals surface area contributed by atoms with E-state index in [1.165, 1.54) is 23.1 Å². The molecule has 1 aliphatic rings. The Balaban J connectivity index is 2.00. The number of para-hydroxylation sites is 1. The van der Waals surface area contributed by atoms with E-state index in [0.717, 1.165) is 19.5 Å². The summed E-state index contributed by atoms with van der Waals surface area (Å²) in [7, 11) is 2.03. The van der Waals surface area contributed by atoms with Gasteiger partial charge in [0.05, 0.1) is 5.69 Å². The molecule has 1 amide bonds. The number of hydrogen-bond acceptors (Lipinski definition) is 2. The molecule has 0 radical (unpaired) electrons. The van der Waals surface area contributed by atoms with Gasteiger partial charge in [-0.05, 0) is 50.2 Å². The SMILES string of the molecule is CN1CCC(CN(C(=O)O)c2ccccc2-c2cc(Cl)ccc2F)C1. The van der Waals surface area contributed by atoms with E-state index >= 15 is 0 Å². The molecule has 1 fully saturated rings. The molecule has 2 aromatic carbocycles. The maximum Gasteiger partial charge on any atom is 0.411 e. The van der Waals surface area contributed by atoms with Crippen molar-refractivity contribution in [2.45, 2.75) is 6.42 Å². The minimum absolute atomic E-state index is 0.262. The van der Waals surface area contributed by atoms with E-state index in [1.54, 1.807) is 24.3 Å². The number of halogens is 2. The molecule has 1 atom stereocenters. The molecule has 1 unspecified atom stereocenters. The minimum atomic E-state index is -1.04. The number of carbonyl (C=O) groups is 1. The Hall–Kier alpha value is -2.11. The molecule has 1 saturated heterocycles. The van der Waals surface area contributed by atoms with Gasteiger partial charge in [0.2, 0.25) is 0 Å². The van der Waals surface area contributed by atoms with Gasteiger partial charge in [-0.15, -0.1) is 0 Å². The summed E-state index contributed by atoms with van der Waals surface area (Å²) in [5.74, 6) is -0.166. The van der Waals surface area contributed by atoms with Gasteiger partial charge in [-0.1, -0.05) is 29.8 Å². The van der Waals surface area contributed by atoms with Crippen LogP contribution >= 0.6 is 11.6 Å². The third kappa shape index (κ3) is 3.94. The standard InChI is InChI=1S/C19H20ClFN2O2/c1-22-9-8-13(11-22)12-23(19(24)25)18-5-3-2-4-15(18)16-10-14(20)6-7-17(16)21/h2-7,10,13H,8-9,11-12H2,1H3,(H,24,25). The van der Waals surface area contributed by atoms with Crippen LogP contribution in [0.15, 0.2) is 42.5 Å². The van der Waals surface area contributed by atoms with Gasteiger partial charge in [-0.25, -0.2) is 9.18 Å². The first-order valence-corrected chi connectivity index (χ1v) is 8.57. The lowest BCUT2D eigenvalue weighted by atomic mass is 10.0. The minimum Gasteiger partial charge on any atom is -0.465 e. The lowest BCUT2D eigenvalue weighted by Crippen LogP contribution is -2.35. The lowest BCUT2D eigenvalue weighted by Gasteiger charge is -2.25. The van der Waals surface area contributed by atoms with Crippen molar-refractivity contribution in [1.82, 2.24) is 4.90 Å². The number of nitrogens with zero attached hydrogens (tertiary/aromatic N) is 2. The van der Waals surface area contributed by atoms with Gasteiger partial charge in [0.1, 0.15) is 5.82 Å². The van der Waals surface area contributed by atoms with Gasteiger partial charge in [-0.3, -0.25) is 4.90 Å². The van der Waals surface area contributed by atoms with Gasteiger partial charge < -0.3 is 10.0 Å². The van der Waals surface area contributed by atoms with Crippen LogP contribution in [-0.2, 0) is 0 Å². The average Bonchev–Trinajstić information content (AvgIpc) is 3.00. The molecule has 1 aliphatic heterocycles. The summed E-state index contributed by atoms with van der Waals surface area (Å²) >= 11 is 6.01. The van der Waals surface area contributed by atoms with Crippen LogP contribution in [0.3, 0.4) is 0 Å². The number of rotatable bonds is 4. The average molecular weight is 363 g/mol. The zero-order valence-corrected chi connectivity index (χ0v) is 14.7. The Labute approximate surface area is 151 Å². The molecule has 1 heterocycles. The van der Waals surface area contributed by atoms with Crippen molar-refractivity contribution < 1.29 is 14.3 Å². The molecule has 0 aliphatic carbocycles. The molecule has 0 saturated carbocycles. The zero-order chi connectivity index (χ0) is 18.0. The summed E-state index contributed by atoms with van der Waals surface area (Å²) in [5, 5.41) is 10.1. The number of carboxylic acid groups (broad SMARTS) is 1. The first-order chi connectivity index (χ1) is 12.0. The van der Waals surface area contributed by atoms with E-state index in [0.29, 0.717) is 28.4 Å². The molecular weight excluding hydrogens is 343 g/mol. The molecular formula is C19H20ClFN2O2. The third-order valence-corrected chi connectivity index (χ3v) is 4.81. The van der Waals surface area contributed by atoms with Gasteiger partial charge in [-0.2, -0.15) is 0 Å². The van der Waals surface area contributed by atoms with Crippen molar-refractivity contribution in [3.8, 4) is 11.1 Å². The van der Waals surface area contributed by atoms with Crippen molar-refractivity contribution >= 4 is 23.4 Å². The van der Waals surface area contributed by atoms with Crippen LogP contribution in [0.1, 0.15) is 6.42 Å². The van der Waals surface area contributed by atoms with Crippen LogP contribution in [0.2, 0.25) is 5.02 Å². The van der Waals surface area contributed by atoms with Gasteiger partial charge >= 0.3 is 6.09 Å². The van der Waals surface area contributed by atoms with Crippen molar-refractivity contribution in [3.63, 3.8) is 0 Å². The van der Waals surface area contributed by atoms with Crippen LogP contribution in [0.4, 0.5) is 14.9 Å². The molecule has 25 heavy (non-hydrogen) atoms. The van der Waals surface area contributed by atoms with E-state index in [9.17, 15) is 14.3 Å². The lowest BCUT2D eigenvalue weighted by molar-refractivity contribution is 0.200. The van der Waals surface area contributed by atoms with E-state index in [1.807, 2.05) is 7.05 Å². The first kappa shape index (κ1) is 17.7. The van der Waals surface area contributed by atoms with Crippen LogP contribution in [0, 0.1) is 11.7 Å². The highest BCUT2D eigenvalue weighted by Gasteiger charge is 2.27. The second-order valence-electron chi connectivity index (χ2n) is 6.45. The van der Waals surface area contributed by atoms with Crippen LogP contribution in [0.5, 0.6) is 0 Å². The van der Waals surface area contributed by atoms with Gasteiger partial charge in [0, 0.05) is 29.2 Å². The van der Waals surface area contributed by atoms with E-state index in [2.05, 4.69) is 4.90 Å². The first-order valence-electron chi connectivity index (χ1n) is 8.19. The van der Waals surface area contributed by atoms with Crippen molar-refractivity contribution in [3.05, 3.63) is 53.3 Å². The largest absolute Gasteiger partial charge is 0.465 e. The summed E-state index contributed by atoms with van der Waals surface area (Å²) in [6.45, 7) is 2.21. The fourth-order valence-electron chi connectivity index (χ4n) is 3.35. The summed E-state index contributed by atoms with van der Waals surface area (Å²) in [6.07, 6.45) is -0.0852. The second kappa shape index (κ2) is 7.42. The Morgan fingerprint density at radius 2 is 2.08 bits per heavy atom. The molecule has 2 aromatic rings. The third-order valence-electron chi connectivity index (χ3n) is 4.57. The summed E-state index contributed by atoms with van der Waals surface area (Å²) < 4.78 is 14.3. The molecule has 4 nitrogen and oxygen atoms in total. The Kier molecular flexibility index (Phi) is 5.25. The maximum atomic E-state index is 14.3. The summed E-state index contributed by atoms with van der Waals surface area (Å²) in [6, 6.07) is 11.3. The van der Waals surface area contributed by atoms with Gasteiger partial charge in [0.25, 0.3) is 0 Å². The van der Waals surface area contributed by atoms with E-state index < -0.39 is 11.9 Å². The number of amides is 1. The van der Waals surface area contributed by atoms with Gasteiger partial charge in [0.15, 0.2) is 0 Å². The van der Waals surface area contributed by atoms with Crippen LogP contribution < -0.4 is 4.90 Å². The molecule has 132 valence electrons. The monoisotopic (exact) mass is 362 g/mol. The maximum absolute atomic E-state index is 14.3. The number of benzene rings is 2. The normalized spacial score (nSPS) is 17.6. The second-order valence-corrected chi connectivity index (χ2v) is 6.89. The number of hydrogen-bond donors (Lipinski definition) is 1. The molecule has 3 rings (SSSR count). The number of likely N-dealkylation sites (tertiary alicyclic amines) is 1. The highest BCUT2D eigenvalue weighted by atomic mass is 35.5. The van der Waals surface area contributed by atoms with Crippen molar-refractivity contribution in [2.24, 2.45) is 5.92 Å². The van der Waals surface area contributed by atoms with Crippen LogP contribution in [-0.4, -0.2) is 42.8 Å².